The van der Waals surface area contributed by atoms with Crippen molar-refractivity contribution in [2.75, 3.05) is 0 Å². The second-order valence-electron chi connectivity index (χ2n) is 3.46. The maximum atomic E-state index is 12.1. The lowest BCUT2D eigenvalue weighted by atomic mass is 10.1. The maximum Gasteiger partial charge on any atom is 0.573 e. The topological polar surface area (TPSA) is 22.1 Å². The van der Waals surface area contributed by atoms with Crippen molar-refractivity contribution in [1.29, 1.82) is 0 Å². The van der Waals surface area contributed by atoms with Gasteiger partial charge in [0.05, 0.1) is 11.2 Å². The first-order chi connectivity index (χ1) is 7.94. The third-order valence-electron chi connectivity index (χ3n) is 2.01. The number of thiazole rings is 1. The van der Waals surface area contributed by atoms with Gasteiger partial charge in [-0.15, -0.1) is 24.5 Å². The number of hydrogen-bond acceptors (Lipinski definition) is 3. The SMILES string of the molecule is Cc1cc(OC(F)(F)F)cc(-c2cscn2)c1. The van der Waals surface area contributed by atoms with Gasteiger partial charge in [-0.1, -0.05) is 0 Å². The molecule has 0 N–H and O–H groups in total. The van der Waals surface area contributed by atoms with E-state index in [0.29, 0.717) is 16.8 Å². The van der Waals surface area contributed by atoms with Gasteiger partial charge in [0.1, 0.15) is 5.75 Å². The molecule has 2 rings (SSSR count). The van der Waals surface area contributed by atoms with Gasteiger partial charge in [0.25, 0.3) is 0 Å². The Morgan fingerprint density at radius 1 is 1.24 bits per heavy atom. The Hall–Kier alpha value is -1.56. The van der Waals surface area contributed by atoms with E-state index >= 15 is 0 Å². The van der Waals surface area contributed by atoms with Crippen LogP contribution in [0.25, 0.3) is 11.3 Å². The summed E-state index contributed by atoms with van der Waals surface area (Å²) in [6.07, 6.45) is -4.67. The third-order valence-corrected chi connectivity index (χ3v) is 2.60. The molecule has 0 fully saturated rings. The molecule has 0 saturated carbocycles. The van der Waals surface area contributed by atoms with Gasteiger partial charge in [0.2, 0.25) is 0 Å². The van der Waals surface area contributed by atoms with Crippen LogP contribution in [-0.4, -0.2) is 11.3 Å². The Bertz CT molecular complexity index is 508. The standard InChI is InChI=1S/C11H8F3NOS/c1-7-2-8(10-5-17-6-15-10)4-9(3-7)16-11(12,13)14/h2-6H,1H3. The van der Waals surface area contributed by atoms with E-state index in [9.17, 15) is 13.2 Å². The zero-order valence-electron chi connectivity index (χ0n) is 8.78. The Morgan fingerprint density at radius 3 is 2.59 bits per heavy atom. The molecule has 0 atom stereocenters. The van der Waals surface area contributed by atoms with Crippen LogP contribution in [-0.2, 0) is 0 Å². The van der Waals surface area contributed by atoms with Crippen LogP contribution in [0.15, 0.2) is 29.1 Å². The summed E-state index contributed by atoms with van der Waals surface area (Å²) in [5, 5.41) is 1.77. The van der Waals surface area contributed by atoms with Crippen LogP contribution in [0.2, 0.25) is 0 Å². The molecular weight excluding hydrogens is 251 g/mol. The molecule has 0 aliphatic carbocycles. The molecule has 1 aromatic carbocycles. The lowest BCUT2D eigenvalue weighted by Crippen LogP contribution is -2.17. The number of aryl methyl sites for hydroxylation is 1. The number of nitrogens with zero attached hydrogens (tertiary/aromatic N) is 1. The first kappa shape index (κ1) is 11.9. The monoisotopic (exact) mass is 259 g/mol. The number of hydrogen-bond donors (Lipinski definition) is 0. The van der Waals surface area contributed by atoms with E-state index in [2.05, 4.69) is 9.72 Å². The zero-order chi connectivity index (χ0) is 12.5. The van der Waals surface area contributed by atoms with Crippen molar-refractivity contribution >= 4 is 11.3 Å². The van der Waals surface area contributed by atoms with Gasteiger partial charge in [0, 0.05) is 10.9 Å². The molecule has 2 nitrogen and oxygen atoms in total. The summed E-state index contributed by atoms with van der Waals surface area (Å²) in [6.45, 7) is 1.71. The fraction of sp³-hybridized carbons (Fsp3) is 0.182. The number of ether oxygens (including phenoxy) is 1. The predicted molar refractivity (Wildman–Crippen MR) is 59.0 cm³/mol. The van der Waals surface area contributed by atoms with Crippen LogP contribution in [0.1, 0.15) is 5.56 Å². The van der Waals surface area contributed by atoms with Gasteiger partial charge in [0.15, 0.2) is 0 Å². The highest BCUT2D eigenvalue weighted by Crippen LogP contribution is 2.29. The minimum Gasteiger partial charge on any atom is -0.406 e. The highest BCUT2D eigenvalue weighted by molar-refractivity contribution is 7.07. The lowest BCUT2D eigenvalue weighted by molar-refractivity contribution is -0.274. The van der Waals surface area contributed by atoms with E-state index in [0.717, 1.165) is 0 Å². The first-order valence-corrected chi connectivity index (χ1v) is 5.64. The van der Waals surface area contributed by atoms with E-state index in [1.54, 1.807) is 23.9 Å². The quantitative estimate of drug-likeness (QED) is 0.812. The first-order valence-electron chi connectivity index (χ1n) is 4.70. The van der Waals surface area contributed by atoms with Gasteiger partial charge >= 0.3 is 6.36 Å². The van der Waals surface area contributed by atoms with E-state index in [1.807, 2.05) is 0 Å². The van der Waals surface area contributed by atoms with Crippen molar-refractivity contribution in [3.63, 3.8) is 0 Å². The van der Waals surface area contributed by atoms with E-state index in [4.69, 9.17) is 0 Å². The minimum absolute atomic E-state index is 0.222. The fourth-order valence-electron chi connectivity index (χ4n) is 1.44. The molecule has 90 valence electrons. The van der Waals surface area contributed by atoms with Crippen molar-refractivity contribution in [3.05, 3.63) is 34.7 Å². The summed E-state index contributed by atoms with van der Waals surface area (Å²) in [6, 6.07) is 4.43. The van der Waals surface area contributed by atoms with Crippen molar-refractivity contribution < 1.29 is 17.9 Å². The van der Waals surface area contributed by atoms with Gasteiger partial charge in [-0.2, -0.15) is 0 Å². The highest BCUT2D eigenvalue weighted by atomic mass is 32.1. The smallest absolute Gasteiger partial charge is 0.406 e. The second kappa shape index (κ2) is 4.37. The number of alkyl halides is 3. The molecule has 0 saturated heterocycles. The van der Waals surface area contributed by atoms with Crippen LogP contribution in [0, 0.1) is 6.92 Å². The molecule has 6 heteroatoms. The molecule has 1 heterocycles. The van der Waals surface area contributed by atoms with Gasteiger partial charge in [-0.3, -0.25) is 0 Å². The summed E-state index contributed by atoms with van der Waals surface area (Å²) < 4.78 is 40.2. The van der Waals surface area contributed by atoms with Crippen molar-refractivity contribution in [2.45, 2.75) is 13.3 Å². The average Bonchev–Trinajstić information content (AvgIpc) is 2.65. The Morgan fingerprint density at radius 2 is 2.00 bits per heavy atom. The van der Waals surface area contributed by atoms with Crippen LogP contribution in [0.5, 0.6) is 5.75 Å². The molecule has 0 aliphatic heterocycles. The van der Waals surface area contributed by atoms with Gasteiger partial charge < -0.3 is 4.74 Å². The van der Waals surface area contributed by atoms with Crippen LogP contribution in [0.4, 0.5) is 13.2 Å². The molecule has 0 spiro atoms. The summed E-state index contributed by atoms with van der Waals surface area (Å²) in [7, 11) is 0. The molecule has 2 aromatic rings. The number of benzene rings is 1. The Balaban J connectivity index is 2.36. The van der Waals surface area contributed by atoms with E-state index in [-0.39, 0.29) is 5.75 Å². The van der Waals surface area contributed by atoms with Crippen LogP contribution >= 0.6 is 11.3 Å². The molecule has 0 aliphatic rings. The molecular formula is C11H8F3NOS. The van der Waals surface area contributed by atoms with Crippen LogP contribution < -0.4 is 4.74 Å². The number of halogens is 3. The Labute approximate surface area is 99.7 Å². The average molecular weight is 259 g/mol. The predicted octanol–water partition coefficient (Wildman–Crippen LogP) is 4.02. The molecule has 0 unspecified atom stereocenters. The second-order valence-corrected chi connectivity index (χ2v) is 4.17. The molecule has 1 aromatic heterocycles. The normalized spacial score (nSPS) is 11.5. The zero-order valence-corrected chi connectivity index (χ0v) is 9.60. The molecule has 0 radical (unpaired) electrons. The van der Waals surface area contributed by atoms with Crippen molar-refractivity contribution in [3.8, 4) is 17.0 Å². The highest BCUT2D eigenvalue weighted by Gasteiger charge is 2.31. The van der Waals surface area contributed by atoms with Gasteiger partial charge in [-0.05, 0) is 30.7 Å². The molecule has 0 amide bonds. The number of aromatic nitrogens is 1. The molecule has 0 bridgehead atoms. The minimum atomic E-state index is -4.67. The number of rotatable bonds is 2. The van der Waals surface area contributed by atoms with Crippen LogP contribution in [0.3, 0.4) is 0 Å². The fourth-order valence-corrected chi connectivity index (χ4v) is 2.00. The lowest BCUT2D eigenvalue weighted by Gasteiger charge is -2.10. The van der Waals surface area contributed by atoms with E-state index < -0.39 is 6.36 Å². The van der Waals surface area contributed by atoms with Crippen molar-refractivity contribution in [2.24, 2.45) is 0 Å². The maximum absolute atomic E-state index is 12.1. The summed E-state index contributed by atoms with van der Waals surface area (Å²) in [4.78, 5) is 4.05. The summed E-state index contributed by atoms with van der Waals surface area (Å²) in [5.41, 5.74) is 3.58. The molecule has 17 heavy (non-hydrogen) atoms. The largest absolute Gasteiger partial charge is 0.573 e. The third kappa shape index (κ3) is 3.20. The van der Waals surface area contributed by atoms with Crippen molar-refractivity contribution in [1.82, 2.24) is 4.98 Å². The van der Waals surface area contributed by atoms with Gasteiger partial charge in [-0.25, -0.2) is 4.98 Å². The summed E-state index contributed by atoms with van der Waals surface area (Å²) in [5.74, 6) is -0.222. The Kier molecular flexibility index (Phi) is 3.06. The van der Waals surface area contributed by atoms with E-state index in [1.165, 1.54) is 23.5 Å². The summed E-state index contributed by atoms with van der Waals surface area (Å²) >= 11 is 1.39.